The number of aromatic amines is 2. The second kappa shape index (κ2) is 4.53. The monoisotopic (exact) mass is 262 g/mol. The van der Waals surface area contributed by atoms with E-state index in [-0.39, 0.29) is 11.1 Å². The minimum atomic E-state index is -0.671. The smallest absolute Gasteiger partial charge is 0.337 e. The van der Waals surface area contributed by atoms with Crippen molar-refractivity contribution in [2.75, 3.05) is 0 Å². The number of aryl methyl sites for hydroxylation is 1. The van der Waals surface area contributed by atoms with Gasteiger partial charge in [0.25, 0.3) is 5.56 Å². The van der Waals surface area contributed by atoms with Crippen LogP contribution < -0.4 is 16.9 Å². The number of rotatable bonds is 4. The van der Waals surface area contributed by atoms with E-state index in [1.54, 1.807) is 0 Å². The van der Waals surface area contributed by atoms with Crippen LogP contribution in [0.15, 0.2) is 24.9 Å². The van der Waals surface area contributed by atoms with Crippen molar-refractivity contribution in [3.05, 3.63) is 42.9 Å². The Bertz CT molecular complexity index is 774. The van der Waals surface area contributed by atoms with E-state index in [0.717, 1.165) is 18.8 Å². The molecule has 0 atom stereocenters. The molecule has 19 heavy (non-hydrogen) atoms. The molecule has 0 radical (unpaired) electrons. The number of fused-ring (bicyclic) bond motifs is 1. The summed E-state index contributed by atoms with van der Waals surface area (Å²) in [6.07, 6.45) is 5.26. The lowest BCUT2D eigenvalue weighted by atomic mass is 10.1. The highest BCUT2D eigenvalue weighted by molar-refractivity contribution is 5.75. The van der Waals surface area contributed by atoms with Crippen molar-refractivity contribution in [1.29, 1.82) is 0 Å². The van der Waals surface area contributed by atoms with E-state index in [0.29, 0.717) is 12.0 Å². The lowest BCUT2D eigenvalue weighted by molar-refractivity contribution is 0.543. The maximum absolute atomic E-state index is 11.8. The summed E-state index contributed by atoms with van der Waals surface area (Å²) in [7, 11) is 0. The first-order valence-electron chi connectivity index (χ1n) is 6.43. The van der Waals surface area contributed by atoms with Gasteiger partial charge in [-0.25, -0.2) is 9.59 Å². The third kappa shape index (κ3) is 2.52. The zero-order valence-electron chi connectivity index (χ0n) is 10.3. The largest absolute Gasteiger partial charge is 0.405 e. The van der Waals surface area contributed by atoms with Crippen molar-refractivity contribution in [3.63, 3.8) is 0 Å². The zero-order valence-corrected chi connectivity index (χ0v) is 10.3. The predicted octanol–water partition coefficient (Wildman–Crippen LogP) is 0.902. The van der Waals surface area contributed by atoms with Crippen LogP contribution in [0.3, 0.4) is 0 Å². The minimum Gasteiger partial charge on any atom is -0.405 e. The molecule has 2 aromatic rings. The Labute approximate surface area is 107 Å². The van der Waals surface area contributed by atoms with Crippen LogP contribution in [-0.4, -0.2) is 9.97 Å². The Hall–Kier alpha value is -2.11. The van der Waals surface area contributed by atoms with Crippen molar-refractivity contribution in [3.8, 4) is 0 Å². The molecule has 0 amide bonds. The molecule has 0 bridgehead atoms. The lowest BCUT2D eigenvalue weighted by Crippen LogP contribution is -2.24. The van der Waals surface area contributed by atoms with Crippen molar-refractivity contribution < 1.29 is 4.42 Å². The Morgan fingerprint density at radius 2 is 2.00 bits per heavy atom. The molecule has 2 heterocycles. The Kier molecular flexibility index (Phi) is 2.85. The third-order valence-electron chi connectivity index (χ3n) is 3.48. The van der Waals surface area contributed by atoms with Crippen molar-refractivity contribution in [2.24, 2.45) is 5.92 Å². The predicted molar refractivity (Wildman–Crippen MR) is 69.4 cm³/mol. The van der Waals surface area contributed by atoms with E-state index in [1.165, 1.54) is 18.9 Å². The van der Waals surface area contributed by atoms with Gasteiger partial charge in [-0.05, 0) is 24.3 Å². The highest BCUT2D eigenvalue weighted by atomic mass is 16.4. The molecule has 0 aromatic carbocycles. The molecule has 1 aliphatic rings. The Balaban J connectivity index is 2.03. The van der Waals surface area contributed by atoms with Crippen LogP contribution in [0.1, 0.15) is 31.2 Å². The molecule has 2 aromatic heterocycles. The van der Waals surface area contributed by atoms with Crippen LogP contribution >= 0.6 is 0 Å². The summed E-state index contributed by atoms with van der Waals surface area (Å²) < 4.78 is 4.87. The highest BCUT2D eigenvalue weighted by Crippen LogP contribution is 2.33. The van der Waals surface area contributed by atoms with Gasteiger partial charge in [0.05, 0.1) is 0 Å². The van der Waals surface area contributed by atoms with Crippen LogP contribution in [0.2, 0.25) is 0 Å². The number of aromatic nitrogens is 2. The van der Waals surface area contributed by atoms with E-state index < -0.39 is 16.9 Å². The summed E-state index contributed by atoms with van der Waals surface area (Å²) >= 11 is 0. The van der Waals surface area contributed by atoms with Gasteiger partial charge in [0.1, 0.15) is 5.39 Å². The normalized spacial score (nSPS) is 14.9. The molecule has 6 nitrogen and oxygen atoms in total. The van der Waals surface area contributed by atoms with Crippen molar-refractivity contribution in [1.82, 2.24) is 9.97 Å². The summed E-state index contributed by atoms with van der Waals surface area (Å²) in [5.41, 5.74) is -1.12. The maximum Gasteiger partial charge on any atom is 0.337 e. The zero-order chi connectivity index (χ0) is 13.4. The quantitative estimate of drug-likeness (QED) is 0.855. The standard InChI is InChI=1S/C13H14N2O4/c16-9-6-8(3-1-2-7-4-5-7)10-11(17)14-13(18)15-12(10)19-9/h6-7H,1-5H2,(H2,14,15,17,18). The molecular weight excluding hydrogens is 248 g/mol. The average molecular weight is 262 g/mol. The highest BCUT2D eigenvalue weighted by Gasteiger charge is 2.20. The molecule has 0 saturated heterocycles. The lowest BCUT2D eigenvalue weighted by Gasteiger charge is -2.03. The van der Waals surface area contributed by atoms with Crippen LogP contribution in [0.4, 0.5) is 0 Å². The first-order chi connectivity index (χ1) is 9.13. The van der Waals surface area contributed by atoms with Gasteiger partial charge in [0.2, 0.25) is 5.71 Å². The van der Waals surface area contributed by atoms with E-state index in [9.17, 15) is 14.4 Å². The van der Waals surface area contributed by atoms with E-state index in [4.69, 9.17) is 4.42 Å². The molecule has 0 spiro atoms. The van der Waals surface area contributed by atoms with Crippen molar-refractivity contribution >= 4 is 11.1 Å². The second-order valence-electron chi connectivity index (χ2n) is 5.04. The van der Waals surface area contributed by atoms with Gasteiger partial charge in [-0.2, -0.15) is 0 Å². The first kappa shape index (κ1) is 12.0. The maximum atomic E-state index is 11.8. The summed E-state index contributed by atoms with van der Waals surface area (Å²) in [5.74, 6) is 0.810. The van der Waals surface area contributed by atoms with Gasteiger partial charge in [0, 0.05) is 6.07 Å². The topological polar surface area (TPSA) is 95.9 Å². The number of hydrogen-bond acceptors (Lipinski definition) is 4. The summed E-state index contributed by atoms with van der Waals surface area (Å²) in [5, 5.41) is 0.273. The van der Waals surface area contributed by atoms with E-state index >= 15 is 0 Å². The Morgan fingerprint density at radius 3 is 2.74 bits per heavy atom. The molecule has 0 unspecified atom stereocenters. The Morgan fingerprint density at radius 1 is 1.21 bits per heavy atom. The van der Waals surface area contributed by atoms with Crippen LogP contribution in [-0.2, 0) is 6.42 Å². The molecule has 6 heteroatoms. The molecule has 1 saturated carbocycles. The number of H-pyrrole nitrogens is 2. The van der Waals surface area contributed by atoms with Gasteiger partial charge < -0.3 is 4.42 Å². The van der Waals surface area contributed by atoms with Gasteiger partial charge in [-0.3, -0.25) is 14.8 Å². The SMILES string of the molecule is O=c1[nH]c(=O)c2c(CCCC3CC3)cc(=O)oc2[nH]1. The van der Waals surface area contributed by atoms with Gasteiger partial charge in [-0.15, -0.1) is 0 Å². The summed E-state index contributed by atoms with van der Waals surface area (Å²) in [6, 6.07) is 1.34. The summed E-state index contributed by atoms with van der Waals surface area (Å²) in [6.45, 7) is 0. The fraction of sp³-hybridized carbons (Fsp3) is 0.462. The molecule has 1 aliphatic carbocycles. The van der Waals surface area contributed by atoms with Crippen LogP contribution in [0.25, 0.3) is 11.1 Å². The van der Waals surface area contributed by atoms with Crippen LogP contribution in [0, 0.1) is 5.92 Å². The van der Waals surface area contributed by atoms with E-state index in [2.05, 4.69) is 9.97 Å². The molecule has 2 N–H and O–H groups in total. The number of hydrogen-bond donors (Lipinski definition) is 2. The fourth-order valence-corrected chi connectivity index (χ4v) is 2.36. The van der Waals surface area contributed by atoms with Gasteiger partial charge in [0.15, 0.2) is 0 Å². The third-order valence-corrected chi connectivity index (χ3v) is 3.48. The first-order valence-corrected chi connectivity index (χ1v) is 6.43. The minimum absolute atomic E-state index is 0.0392. The van der Waals surface area contributed by atoms with Gasteiger partial charge >= 0.3 is 11.3 Å². The molecular formula is C13H14N2O4. The molecule has 100 valence electrons. The number of nitrogens with one attached hydrogen (secondary N) is 2. The fourth-order valence-electron chi connectivity index (χ4n) is 2.36. The second-order valence-corrected chi connectivity index (χ2v) is 5.04. The molecule has 3 rings (SSSR count). The molecule has 1 fully saturated rings. The van der Waals surface area contributed by atoms with Crippen molar-refractivity contribution in [2.45, 2.75) is 32.1 Å². The molecule has 0 aliphatic heterocycles. The van der Waals surface area contributed by atoms with Gasteiger partial charge in [-0.1, -0.05) is 19.3 Å². The summed E-state index contributed by atoms with van der Waals surface area (Å²) in [4.78, 5) is 38.9. The van der Waals surface area contributed by atoms with Crippen LogP contribution in [0.5, 0.6) is 0 Å². The average Bonchev–Trinajstić information content (AvgIpc) is 3.11. The van der Waals surface area contributed by atoms with E-state index in [1.807, 2.05) is 0 Å².